The van der Waals surface area contributed by atoms with Crippen molar-refractivity contribution >= 4 is 15.9 Å². The lowest BCUT2D eigenvalue weighted by Gasteiger charge is -2.32. The zero-order valence-corrected chi connectivity index (χ0v) is 20.7. The molecule has 0 aliphatic carbocycles. The average molecular weight is 477 g/mol. The van der Waals surface area contributed by atoms with Gasteiger partial charge in [-0.15, -0.1) is 0 Å². The molecule has 0 saturated carbocycles. The highest BCUT2D eigenvalue weighted by Crippen LogP contribution is 2.32. The first-order valence-corrected chi connectivity index (χ1v) is 12.7. The molecule has 1 heterocycles. The molecule has 0 radical (unpaired) electrons. The summed E-state index contributed by atoms with van der Waals surface area (Å²) in [6.45, 7) is 8.57. The molecule has 1 aliphatic rings. The van der Waals surface area contributed by atoms with Crippen LogP contribution in [0, 0.1) is 18.7 Å². The van der Waals surface area contributed by atoms with E-state index in [0.717, 1.165) is 34.6 Å². The lowest BCUT2D eigenvalue weighted by atomic mass is 9.92. The molecule has 0 aromatic heterocycles. The second kappa shape index (κ2) is 10.2. The monoisotopic (exact) mass is 476 g/mol. The van der Waals surface area contributed by atoms with Gasteiger partial charge in [-0.2, -0.15) is 4.31 Å². The van der Waals surface area contributed by atoms with Crippen molar-refractivity contribution in [1.82, 2.24) is 9.62 Å². The fourth-order valence-corrected chi connectivity index (χ4v) is 5.87. The average Bonchev–Trinajstić information content (AvgIpc) is 2.78. The van der Waals surface area contributed by atoms with Gasteiger partial charge in [0.15, 0.2) is 0 Å². The van der Waals surface area contributed by atoms with Gasteiger partial charge in [-0.3, -0.25) is 4.79 Å². The van der Waals surface area contributed by atoms with Crippen molar-refractivity contribution < 1.29 is 22.3 Å². The number of methoxy groups -OCH3 is 1. The molecule has 1 fully saturated rings. The molecule has 2 atom stereocenters. The van der Waals surface area contributed by atoms with Crippen molar-refractivity contribution in [3.63, 3.8) is 0 Å². The Bertz CT molecular complexity index is 1100. The van der Waals surface area contributed by atoms with Crippen molar-refractivity contribution in [2.45, 2.75) is 57.4 Å². The molecule has 1 saturated heterocycles. The van der Waals surface area contributed by atoms with Crippen LogP contribution in [0.1, 0.15) is 62.3 Å². The van der Waals surface area contributed by atoms with Gasteiger partial charge in [0.2, 0.25) is 15.9 Å². The van der Waals surface area contributed by atoms with E-state index in [4.69, 9.17) is 4.74 Å². The molecule has 6 nitrogen and oxygen atoms in total. The number of aryl methyl sites for hydroxylation is 1. The molecule has 33 heavy (non-hydrogen) atoms. The normalized spacial score (nSPS) is 18.2. The number of halogens is 1. The quantitative estimate of drug-likeness (QED) is 0.636. The second-order valence-electron chi connectivity index (χ2n) is 8.99. The van der Waals surface area contributed by atoms with Gasteiger partial charge >= 0.3 is 0 Å². The van der Waals surface area contributed by atoms with E-state index in [-0.39, 0.29) is 29.3 Å². The first-order chi connectivity index (χ1) is 15.5. The molecular weight excluding hydrogens is 443 g/mol. The molecule has 0 unspecified atom stereocenters. The predicted octanol–water partition coefficient (Wildman–Crippen LogP) is 4.54. The Morgan fingerprint density at radius 1 is 1.15 bits per heavy atom. The van der Waals surface area contributed by atoms with Crippen LogP contribution < -0.4 is 10.1 Å². The first-order valence-electron chi connectivity index (χ1n) is 11.3. The number of hydrogen-bond acceptors (Lipinski definition) is 4. The summed E-state index contributed by atoms with van der Waals surface area (Å²) in [5.41, 5.74) is 3.11. The smallest absolute Gasteiger partial charge is 0.243 e. The number of nitrogens with zero attached hydrogens (tertiary/aromatic N) is 1. The molecule has 1 N–H and O–H groups in total. The summed E-state index contributed by atoms with van der Waals surface area (Å²) in [6, 6.07) is 8.62. The van der Waals surface area contributed by atoms with Gasteiger partial charge in [-0.05, 0) is 85.7 Å². The highest BCUT2D eigenvalue weighted by Gasteiger charge is 2.34. The van der Waals surface area contributed by atoms with E-state index in [9.17, 15) is 17.6 Å². The first kappa shape index (κ1) is 25.2. The molecule has 1 aliphatic heterocycles. The highest BCUT2D eigenvalue weighted by molar-refractivity contribution is 7.89. The van der Waals surface area contributed by atoms with E-state index in [2.05, 4.69) is 25.2 Å². The van der Waals surface area contributed by atoms with Crippen LogP contribution in [0.4, 0.5) is 4.39 Å². The summed E-state index contributed by atoms with van der Waals surface area (Å²) >= 11 is 0. The molecule has 3 rings (SSSR count). The topological polar surface area (TPSA) is 75.7 Å². The fourth-order valence-electron chi connectivity index (χ4n) is 4.35. The van der Waals surface area contributed by atoms with Crippen LogP contribution in [0.3, 0.4) is 0 Å². The minimum absolute atomic E-state index is 0.0356. The number of benzene rings is 2. The Morgan fingerprint density at radius 2 is 1.82 bits per heavy atom. The van der Waals surface area contributed by atoms with Crippen molar-refractivity contribution in [1.29, 1.82) is 0 Å². The predicted molar refractivity (Wildman–Crippen MR) is 126 cm³/mol. The number of rotatable bonds is 7. The van der Waals surface area contributed by atoms with Crippen molar-refractivity contribution in [3.05, 3.63) is 58.9 Å². The Balaban J connectivity index is 1.74. The number of hydrogen-bond donors (Lipinski definition) is 1. The van der Waals surface area contributed by atoms with Gasteiger partial charge < -0.3 is 10.1 Å². The number of nitrogens with one attached hydrogen (secondary N) is 1. The third kappa shape index (κ3) is 5.55. The van der Waals surface area contributed by atoms with Crippen LogP contribution in [0.25, 0.3) is 0 Å². The summed E-state index contributed by atoms with van der Waals surface area (Å²) in [6.07, 6.45) is 1.21. The van der Waals surface area contributed by atoms with Crippen LogP contribution in [-0.4, -0.2) is 38.8 Å². The van der Waals surface area contributed by atoms with Gasteiger partial charge in [-0.25, -0.2) is 12.8 Å². The van der Waals surface area contributed by atoms with E-state index < -0.39 is 21.8 Å². The Morgan fingerprint density at radius 3 is 2.42 bits per heavy atom. The van der Waals surface area contributed by atoms with Crippen LogP contribution >= 0.6 is 0 Å². The van der Waals surface area contributed by atoms with Crippen LogP contribution in [0.5, 0.6) is 5.75 Å². The number of sulfonamides is 1. The second-order valence-corrected chi connectivity index (χ2v) is 10.9. The Kier molecular flexibility index (Phi) is 7.80. The minimum Gasteiger partial charge on any atom is -0.496 e. The lowest BCUT2D eigenvalue weighted by Crippen LogP contribution is -2.45. The summed E-state index contributed by atoms with van der Waals surface area (Å²) in [7, 11) is -2.13. The Hall–Kier alpha value is -2.45. The highest BCUT2D eigenvalue weighted by atomic mass is 32.2. The summed E-state index contributed by atoms with van der Waals surface area (Å²) in [5, 5.41) is 3.08. The lowest BCUT2D eigenvalue weighted by molar-refractivity contribution is -0.126. The van der Waals surface area contributed by atoms with Gasteiger partial charge in [0.25, 0.3) is 0 Å². The molecule has 2 aromatic carbocycles. The maximum absolute atomic E-state index is 13.2. The van der Waals surface area contributed by atoms with Crippen LogP contribution in [0.15, 0.2) is 41.3 Å². The van der Waals surface area contributed by atoms with E-state index in [0.29, 0.717) is 19.4 Å². The Labute approximate surface area is 196 Å². The fraction of sp³-hybridized carbons (Fsp3) is 0.480. The van der Waals surface area contributed by atoms with Gasteiger partial charge in [-0.1, -0.05) is 13.8 Å². The van der Waals surface area contributed by atoms with Gasteiger partial charge in [0, 0.05) is 13.1 Å². The number of carbonyl (C=O) groups excluding carboxylic acids is 1. The van der Waals surface area contributed by atoms with Crippen LogP contribution in [0.2, 0.25) is 0 Å². The van der Waals surface area contributed by atoms with Gasteiger partial charge in [0.1, 0.15) is 11.6 Å². The van der Waals surface area contributed by atoms with E-state index in [1.165, 1.54) is 16.4 Å². The SMILES string of the molecule is COc1cc(C)c([C@@H](C)NC(=O)[C@@H]2CCCN(S(=O)(=O)c3ccc(F)cc3)C2)cc1C(C)C. The van der Waals surface area contributed by atoms with Gasteiger partial charge in [0.05, 0.1) is 24.0 Å². The molecule has 1 amide bonds. The summed E-state index contributed by atoms with van der Waals surface area (Å²) in [5.74, 6) is 0.000116. The number of carbonyl (C=O) groups is 1. The molecular formula is C25H33FN2O4S. The van der Waals surface area contributed by atoms with Crippen molar-refractivity contribution in [2.75, 3.05) is 20.2 Å². The number of piperidine rings is 1. The largest absolute Gasteiger partial charge is 0.496 e. The molecule has 2 aromatic rings. The molecule has 0 spiro atoms. The van der Waals surface area contributed by atoms with Crippen molar-refractivity contribution in [3.8, 4) is 5.75 Å². The maximum Gasteiger partial charge on any atom is 0.243 e. The van der Waals surface area contributed by atoms with Crippen molar-refractivity contribution in [2.24, 2.45) is 5.92 Å². The maximum atomic E-state index is 13.2. The zero-order chi connectivity index (χ0) is 24.3. The van der Waals surface area contributed by atoms with E-state index in [1.807, 2.05) is 19.9 Å². The zero-order valence-electron chi connectivity index (χ0n) is 19.9. The number of amides is 1. The van der Waals surface area contributed by atoms with E-state index >= 15 is 0 Å². The molecule has 8 heteroatoms. The minimum atomic E-state index is -3.78. The van der Waals surface area contributed by atoms with E-state index in [1.54, 1.807) is 7.11 Å². The number of ether oxygens (including phenoxy) is 1. The molecule has 0 bridgehead atoms. The summed E-state index contributed by atoms with van der Waals surface area (Å²) in [4.78, 5) is 13.1. The standard InChI is InChI=1S/C25H33FN2O4S/c1-16(2)22-14-23(17(3)13-24(22)32-5)18(4)27-25(29)19-7-6-12-28(15-19)33(30,31)21-10-8-20(26)9-11-21/h8-11,13-14,16,18-19H,6-7,12,15H2,1-5H3,(H,27,29)/t18-,19-/m1/s1. The summed E-state index contributed by atoms with van der Waals surface area (Å²) < 4.78 is 46.0. The third-order valence-corrected chi connectivity index (χ3v) is 8.15. The third-order valence-electron chi connectivity index (χ3n) is 6.27. The molecule has 180 valence electrons. The van der Waals surface area contributed by atoms with Crippen LogP contribution in [-0.2, 0) is 14.8 Å².